The van der Waals surface area contributed by atoms with Crippen LogP contribution in [0.1, 0.15) is 12.5 Å². The van der Waals surface area contributed by atoms with Crippen molar-refractivity contribution in [2.24, 2.45) is 0 Å². The Morgan fingerprint density at radius 3 is 2.43 bits per heavy atom. The molecule has 0 fully saturated rings. The van der Waals surface area contributed by atoms with E-state index in [1.165, 1.54) is 30.8 Å². The number of hydrogen-bond acceptors (Lipinski definition) is 6. The molecule has 0 radical (unpaired) electrons. The van der Waals surface area contributed by atoms with Crippen molar-refractivity contribution in [2.75, 3.05) is 7.05 Å². The molecule has 0 aliphatic carbocycles. The Kier molecular flexibility index (Phi) is 6.85. The SMILES string of the molecule is CNC(=O)NC(=O)[C@@H](C)OC(=O)Cn1c(=O)ccn(Cc2ccccc2)c1=O. The van der Waals surface area contributed by atoms with Crippen molar-refractivity contribution in [1.29, 1.82) is 0 Å². The van der Waals surface area contributed by atoms with E-state index in [9.17, 15) is 24.0 Å². The van der Waals surface area contributed by atoms with Crippen LogP contribution in [0.5, 0.6) is 0 Å². The Morgan fingerprint density at radius 2 is 1.79 bits per heavy atom. The molecule has 0 aliphatic heterocycles. The van der Waals surface area contributed by atoms with Crippen LogP contribution >= 0.6 is 0 Å². The van der Waals surface area contributed by atoms with Crippen LogP contribution < -0.4 is 21.9 Å². The molecule has 3 amide bonds. The van der Waals surface area contributed by atoms with Gasteiger partial charge in [-0.15, -0.1) is 0 Å². The van der Waals surface area contributed by atoms with Gasteiger partial charge in [-0.1, -0.05) is 30.3 Å². The second-order valence-corrected chi connectivity index (χ2v) is 5.84. The molecular weight excluding hydrogens is 368 g/mol. The Bertz CT molecular complexity index is 980. The van der Waals surface area contributed by atoms with Gasteiger partial charge in [-0.05, 0) is 12.5 Å². The number of esters is 1. The van der Waals surface area contributed by atoms with Gasteiger partial charge in [0.05, 0.1) is 6.54 Å². The molecule has 1 aromatic heterocycles. The molecule has 2 rings (SSSR count). The first-order chi connectivity index (χ1) is 13.3. The van der Waals surface area contributed by atoms with Gasteiger partial charge < -0.3 is 10.1 Å². The zero-order valence-corrected chi connectivity index (χ0v) is 15.4. The van der Waals surface area contributed by atoms with Crippen LogP contribution in [0.2, 0.25) is 0 Å². The number of ether oxygens (including phenoxy) is 1. The van der Waals surface area contributed by atoms with Crippen LogP contribution in [-0.2, 0) is 27.4 Å². The fourth-order valence-corrected chi connectivity index (χ4v) is 2.30. The summed E-state index contributed by atoms with van der Waals surface area (Å²) in [7, 11) is 1.32. The van der Waals surface area contributed by atoms with E-state index in [-0.39, 0.29) is 6.54 Å². The van der Waals surface area contributed by atoms with Crippen LogP contribution in [-0.4, -0.2) is 40.2 Å². The summed E-state index contributed by atoms with van der Waals surface area (Å²) in [4.78, 5) is 59.4. The van der Waals surface area contributed by atoms with Crippen molar-refractivity contribution in [1.82, 2.24) is 19.8 Å². The van der Waals surface area contributed by atoms with Crippen molar-refractivity contribution in [2.45, 2.75) is 26.1 Å². The summed E-state index contributed by atoms with van der Waals surface area (Å²) in [5.41, 5.74) is -0.513. The van der Waals surface area contributed by atoms with E-state index in [2.05, 4.69) is 5.32 Å². The van der Waals surface area contributed by atoms with Gasteiger partial charge in [0.25, 0.3) is 11.5 Å². The highest BCUT2D eigenvalue weighted by Crippen LogP contribution is 2.00. The number of imide groups is 1. The summed E-state index contributed by atoms with van der Waals surface area (Å²) in [5, 5.41) is 4.14. The minimum atomic E-state index is -1.28. The summed E-state index contributed by atoms with van der Waals surface area (Å²) in [5.74, 6) is -1.80. The highest BCUT2D eigenvalue weighted by Gasteiger charge is 2.20. The van der Waals surface area contributed by atoms with Crippen LogP contribution in [0.3, 0.4) is 0 Å². The van der Waals surface area contributed by atoms with Crippen molar-refractivity contribution in [3.63, 3.8) is 0 Å². The summed E-state index contributed by atoms with van der Waals surface area (Å²) < 4.78 is 6.89. The van der Waals surface area contributed by atoms with Crippen molar-refractivity contribution >= 4 is 17.9 Å². The number of benzene rings is 1. The van der Waals surface area contributed by atoms with Gasteiger partial charge in [-0.25, -0.2) is 14.2 Å². The smallest absolute Gasteiger partial charge is 0.331 e. The normalized spacial score (nSPS) is 11.4. The Morgan fingerprint density at radius 1 is 1.11 bits per heavy atom. The molecule has 1 atom stereocenters. The molecule has 0 unspecified atom stereocenters. The number of urea groups is 1. The van der Waals surface area contributed by atoms with Gasteiger partial charge in [0.1, 0.15) is 6.54 Å². The molecule has 2 N–H and O–H groups in total. The first kappa shape index (κ1) is 20.6. The average Bonchev–Trinajstić information content (AvgIpc) is 2.68. The molecule has 148 valence electrons. The molecule has 10 heteroatoms. The average molecular weight is 388 g/mol. The maximum atomic E-state index is 12.5. The lowest BCUT2D eigenvalue weighted by atomic mass is 10.2. The number of amides is 3. The topological polar surface area (TPSA) is 128 Å². The largest absolute Gasteiger partial charge is 0.451 e. The molecule has 0 saturated carbocycles. The summed E-state index contributed by atoms with van der Waals surface area (Å²) in [6.45, 7) is 0.822. The minimum Gasteiger partial charge on any atom is -0.451 e. The lowest BCUT2D eigenvalue weighted by molar-refractivity contribution is -0.155. The standard InChI is InChI=1S/C18H20N4O6/c1-12(16(25)20-17(26)19-2)28-15(24)11-22-14(23)8-9-21(18(22)27)10-13-6-4-3-5-7-13/h3-9,12H,10-11H2,1-2H3,(H2,19,20,25,26)/t12-/m1/s1. The Labute approximate surface area is 159 Å². The summed E-state index contributed by atoms with van der Waals surface area (Å²) >= 11 is 0. The number of nitrogens with zero attached hydrogens (tertiary/aromatic N) is 2. The second-order valence-electron chi connectivity index (χ2n) is 5.84. The third kappa shape index (κ3) is 5.40. The molecule has 1 heterocycles. The highest BCUT2D eigenvalue weighted by molar-refractivity contribution is 5.96. The van der Waals surface area contributed by atoms with E-state index >= 15 is 0 Å². The molecule has 28 heavy (non-hydrogen) atoms. The zero-order chi connectivity index (χ0) is 20.7. The second kappa shape index (κ2) is 9.31. The fourth-order valence-electron chi connectivity index (χ4n) is 2.30. The number of rotatable bonds is 6. The molecular formula is C18H20N4O6. The van der Waals surface area contributed by atoms with Crippen LogP contribution in [0.25, 0.3) is 0 Å². The maximum absolute atomic E-state index is 12.5. The van der Waals surface area contributed by atoms with E-state index in [0.717, 1.165) is 5.56 Å². The summed E-state index contributed by atoms with van der Waals surface area (Å²) in [6, 6.07) is 9.53. The van der Waals surface area contributed by atoms with Crippen molar-refractivity contribution in [3.05, 3.63) is 69.0 Å². The van der Waals surface area contributed by atoms with E-state index < -0.39 is 41.8 Å². The first-order valence-corrected chi connectivity index (χ1v) is 8.38. The quantitative estimate of drug-likeness (QED) is 0.639. The summed E-state index contributed by atoms with van der Waals surface area (Å²) in [6.07, 6.45) is 0.0645. The van der Waals surface area contributed by atoms with Gasteiger partial charge in [0.15, 0.2) is 6.10 Å². The predicted molar refractivity (Wildman–Crippen MR) is 98.7 cm³/mol. The molecule has 0 spiro atoms. The van der Waals surface area contributed by atoms with Gasteiger partial charge in [-0.3, -0.25) is 24.3 Å². The Balaban J connectivity index is 2.10. The van der Waals surface area contributed by atoms with Crippen molar-refractivity contribution < 1.29 is 19.1 Å². The van der Waals surface area contributed by atoms with Gasteiger partial charge in [0, 0.05) is 19.3 Å². The number of carbonyl (C=O) groups is 3. The zero-order valence-electron chi connectivity index (χ0n) is 15.4. The predicted octanol–water partition coefficient (Wildman–Crippen LogP) is -0.554. The molecule has 10 nitrogen and oxygen atoms in total. The van der Waals surface area contributed by atoms with E-state index in [4.69, 9.17) is 4.74 Å². The molecule has 1 aromatic carbocycles. The van der Waals surface area contributed by atoms with E-state index in [1.54, 1.807) is 0 Å². The van der Waals surface area contributed by atoms with Gasteiger partial charge >= 0.3 is 17.7 Å². The minimum absolute atomic E-state index is 0.222. The van der Waals surface area contributed by atoms with Crippen LogP contribution in [0, 0.1) is 0 Å². The van der Waals surface area contributed by atoms with E-state index in [1.807, 2.05) is 35.6 Å². The lowest BCUT2D eigenvalue weighted by Crippen LogP contribution is -2.45. The van der Waals surface area contributed by atoms with Gasteiger partial charge in [-0.2, -0.15) is 0 Å². The number of carbonyl (C=O) groups excluding carboxylic acids is 3. The molecule has 0 aliphatic rings. The van der Waals surface area contributed by atoms with Crippen molar-refractivity contribution in [3.8, 4) is 0 Å². The maximum Gasteiger partial charge on any atom is 0.331 e. The third-order valence-corrected chi connectivity index (χ3v) is 3.76. The molecule has 0 bridgehead atoms. The number of aromatic nitrogens is 2. The van der Waals surface area contributed by atoms with Gasteiger partial charge in [0.2, 0.25) is 0 Å². The Hall–Kier alpha value is -3.69. The van der Waals surface area contributed by atoms with Crippen LogP contribution in [0.15, 0.2) is 52.2 Å². The number of hydrogen-bond donors (Lipinski definition) is 2. The molecule has 0 saturated heterocycles. The number of nitrogens with one attached hydrogen (secondary N) is 2. The monoisotopic (exact) mass is 388 g/mol. The van der Waals surface area contributed by atoms with E-state index in [0.29, 0.717) is 4.57 Å². The first-order valence-electron chi connectivity index (χ1n) is 8.38. The van der Waals surface area contributed by atoms with Crippen LogP contribution in [0.4, 0.5) is 4.79 Å². The third-order valence-electron chi connectivity index (χ3n) is 3.76. The fraction of sp³-hybridized carbons (Fsp3) is 0.278. The lowest BCUT2D eigenvalue weighted by Gasteiger charge is -2.14. The molecule has 2 aromatic rings. The highest BCUT2D eigenvalue weighted by atomic mass is 16.5.